The second kappa shape index (κ2) is 9.49. The first-order valence-electron chi connectivity index (χ1n) is 10.0. The van der Waals surface area contributed by atoms with E-state index in [0.717, 1.165) is 11.3 Å². The largest absolute Gasteiger partial charge is 0.496 e. The Morgan fingerprint density at radius 2 is 1.93 bits per heavy atom. The molecule has 0 bridgehead atoms. The Labute approximate surface area is 178 Å². The minimum absolute atomic E-state index is 0.163. The molecule has 0 spiro atoms. The number of carbonyl (C=O) groups is 1. The molecule has 1 amide bonds. The standard InChI is InChI=1S/C22H28N2O5S/c1-4-29-19-9-7-18(8-10-19)23-22(25)17-6-5-13-24(15-17)30(26,27)20-11-12-21(28-3)16(2)14-20/h7-12,14,17H,4-6,13,15H2,1-3H3,(H,23,25). The first-order chi connectivity index (χ1) is 14.3. The molecule has 1 unspecified atom stereocenters. The molecule has 1 N–H and O–H groups in total. The second-order valence-corrected chi connectivity index (χ2v) is 9.22. The lowest BCUT2D eigenvalue weighted by atomic mass is 9.99. The minimum Gasteiger partial charge on any atom is -0.496 e. The first-order valence-corrected chi connectivity index (χ1v) is 11.5. The predicted octanol–water partition coefficient (Wildman–Crippen LogP) is 3.44. The van der Waals surface area contributed by atoms with Gasteiger partial charge >= 0.3 is 0 Å². The van der Waals surface area contributed by atoms with Crippen LogP contribution in [0.5, 0.6) is 11.5 Å². The molecule has 7 nitrogen and oxygen atoms in total. The minimum atomic E-state index is -3.68. The Morgan fingerprint density at radius 3 is 2.57 bits per heavy atom. The quantitative estimate of drug-likeness (QED) is 0.724. The van der Waals surface area contributed by atoms with Crippen molar-refractivity contribution in [2.75, 3.05) is 32.1 Å². The molecule has 0 radical (unpaired) electrons. The zero-order chi connectivity index (χ0) is 21.7. The van der Waals surface area contributed by atoms with E-state index in [1.165, 1.54) is 4.31 Å². The molecule has 1 aliphatic rings. The van der Waals surface area contributed by atoms with E-state index in [0.29, 0.717) is 37.4 Å². The molecule has 0 aromatic heterocycles. The molecule has 1 atom stereocenters. The van der Waals surface area contributed by atoms with E-state index in [1.807, 2.05) is 6.92 Å². The normalized spacial score (nSPS) is 17.4. The van der Waals surface area contributed by atoms with Crippen LogP contribution in [0.4, 0.5) is 5.69 Å². The number of rotatable bonds is 7. The molecule has 30 heavy (non-hydrogen) atoms. The molecule has 8 heteroatoms. The van der Waals surface area contributed by atoms with Gasteiger partial charge in [0.15, 0.2) is 0 Å². The first kappa shape index (κ1) is 22.1. The summed E-state index contributed by atoms with van der Waals surface area (Å²) in [6.45, 7) is 4.86. The highest BCUT2D eigenvalue weighted by Crippen LogP contribution is 2.28. The highest BCUT2D eigenvalue weighted by atomic mass is 32.2. The summed E-state index contributed by atoms with van der Waals surface area (Å²) in [6.07, 6.45) is 1.28. The third kappa shape index (κ3) is 4.94. The summed E-state index contributed by atoms with van der Waals surface area (Å²) in [4.78, 5) is 13.0. The molecule has 2 aromatic carbocycles. The number of carbonyl (C=O) groups excluding carboxylic acids is 1. The summed E-state index contributed by atoms with van der Waals surface area (Å²) in [7, 11) is -2.13. The van der Waals surface area contributed by atoms with Crippen LogP contribution >= 0.6 is 0 Å². The van der Waals surface area contributed by atoms with Gasteiger partial charge in [-0.1, -0.05) is 0 Å². The Balaban J connectivity index is 1.69. The summed E-state index contributed by atoms with van der Waals surface area (Å²) >= 11 is 0. The monoisotopic (exact) mass is 432 g/mol. The molecule has 1 saturated heterocycles. The average molecular weight is 433 g/mol. The fourth-order valence-electron chi connectivity index (χ4n) is 3.58. The highest BCUT2D eigenvalue weighted by Gasteiger charge is 2.33. The smallest absolute Gasteiger partial charge is 0.243 e. The number of amides is 1. The molecule has 2 aromatic rings. The van der Waals surface area contributed by atoms with E-state index in [-0.39, 0.29) is 17.3 Å². The number of benzene rings is 2. The van der Waals surface area contributed by atoms with E-state index in [9.17, 15) is 13.2 Å². The van der Waals surface area contributed by atoms with Gasteiger partial charge in [-0.25, -0.2) is 8.42 Å². The van der Waals surface area contributed by atoms with Crippen molar-refractivity contribution >= 4 is 21.6 Å². The van der Waals surface area contributed by atoms with Gasteiger partial charge in [0.1, 0.15) is 11.5 Å². The van der Waals surface area contributed by atoms with Gasteiger partial charge in [-0.05, 0) is 74.7 Å². The number of ether oxygens (including phenoxy) is 2. The van der Waals surface area contributed by atoms with Gasteiger partial charge in [-0.3, -0.25) is 4.79 Å². The molecule has 0 saturated carbocycles. The zero-order valence-electron chi connectivity index (χ0n) is 17.6. The number of anilines is 1. The van der Waals surface area contributed by atoms with Crippen LogP contribution in [0.3, 0.4) is 0 Å². The Bertz CT molecular complexity index is 989. The maximum absolute atomic E-state index is 13.1. The number of piperidine rings is 1. The van der Waals surface area contributed by atoms with E-state index >= 15 is 0 Å². The lowest BCUT2D eigenvalue weighted by molar-refractivity contribution is -0.120. The summed E-state index contributed by atoms with van der Waals surface area (Å²) in [5, 5.41) is 2.88. The van der Waals surface area contributed by atoms with Crippen molar-refractivity contribution in [2.45, 2.75) is 31.6 Å². The van der Waals surface area contributed by atoms with Crippen molar-refractivity contribution in [2.24, 2.45) is 5.92 Å². The fraction of sp³-hybridized carbons (Fsp3) is 0.409. The maximum Gasteiger partial charge on any atom is 0.243 e. The van der Waals surface area contributed by atoms with Crippen molar-refractivity contribution in [3.63, 3.8) is 0 Å². The van der Waals surface area contributed by atoms with Crippen LogP contribution < -0.4 is 14.8 Å². The van der Waals surface area contributed by atoms with Gasteiger partial charge in [0.25, 0.3) is 0 Å². The van der Waals surface area contributed by atoms with Crippen LogP contribution in [0, 0.1) is 12.8 Å². The van der Waals surface area contributed by atoms with Gasteiger partial charge in [0.05, 0.1) is 24.5 Å². The lowest BCUT2D eigenvalue weighted by Gasteiger charge is -2.31. The SMILES string of the molecule is CCOc1ccc(NC(=O)C2CCCN(S(=O)(=O)c3ccc(OC)c(C)c3)C2)cc1. The van der Waals surface area contributed by atoms with E-state index in [1.54, 1.807) is 56.5 Å². The van der Waals surface area contributed by atoms with Crippen LogP contribution in [-0.4, -0.2) is 45.4 Å². The number of sulfonamides is 1. The Morgan fingerprint density at radius 1 is 1.20 bits per heavy atom. The number of methoxy groups -OCH3 is 1. The van der Waals surface area contributed by atoms with Crippen LogP contribution in [0.25, 0.3) is 0 Å². The summed E-state index contributed by atoms with van der Waals surface area (Å²) in [6, 6.07) is 12.0. The molecule has 0 aliphatic carbocycles. The molecule has 3 rings (SSSR count). The predicted molar refractivity (Wildman–Crippen MR) is 115 cm³/mol. The summed E-state index contributed by atoms with van der Waals surface area (Å²) < 4.78 is 38.2. The van der Waals surface area contributed by atoms with Crippen LogP contribution in [0.15, 0.2) is 47.4 Å². The van der Waals surface area contributed by atoms with Crippen LogP contribution in [0.2, 0.25) is 0 Å². The van der Waals surface area contributed by atoms with Gasteiger partial charge in [-0.2, -0.15) is 4.31 Å². The average Bonchev–Trinajstić information content (AvgIpc) is 2.75. The maximum atomic E-state index is 13.1. The molecule has 162 valence electrons. The highest BCUT2D eigenvalue weighted by molar-refractivity contribution is 7.89. The van der Waals surface area contributed by atoms with Crippen LogP contribution in [-0.2, 0) is 14.8 Å². The van der Waals surface area contributed by atoms with Crippen molar-refractivity contribution in [3.8, 4) is 11.5 Å². The van der Waals surface area contributed by atoms with Crippen molar-refractivity contribution in [3.05, 3.63) is 48.0 Å². The molecular formula is C22H28N2O5S. The molecule has 1 fully saturated rings. The lowest BCUT2D eigenvalue weighted by Crippen LogP contribution is -2.43. The molecule has 1 heterocycles. The van der Waals surface area contributed by atoms with Crippen molar-refractivity contribution in [1.29, 1.82) is 0 Å². The van der Waals surface area contributed by atoms with E-state index in [2.05, 4.69) is 5.32 Å². The van der Waals surface area contributed by atoms with Gasteiger partial charge in [0, 0.05) is 18.8 Å². The molecular weight excluding hydrogens is 404 g/mol. The summed E-state index contributed by atoms with van der Waals surface area (Å²) in [5.41, 5.74) is 1.41. The van der Waals surface area contributed by atoms with Gasteiger partial charge in [0.2, 0.25) is 15.9 Å². The zero-order valence-corrected chi connectivity index (χ0v) is 18.4. The Kier molecular flexibility index (Phi) is 6.99. The Hall–Kier alpha value is -2.58. The number of hydrogen-bond acceptors (Lipinski definition) is 5. The van der Waals surface area contributed by atoms with Crippen LogP contribution in [0.1, 0.15) is 25.3 Å². The van der Waals surface area contributed by atoms with E-state index in [4.69, 9.17) is 9.47 Å². The third-order valence-electron chi connectivity index (χ3n) is 5.19. The second-order valence-electron chi connectivity index (χ2n) is 7.28. The number of nitrogens with zero attached hydrogens (tertiary/aromatic N) is 1. The van der Waals surface area contributed by atoms with Gasteiger partial charge in [-0.15, -0.1) is 0 Å². The molecule has 1 aliphatic heterocycles. The van der Waals surface area contributed by atoms with E-state index < -0.39 is 15.9 Å². The topological polar surface area (TPSA) is 84.9 Å². The fourth-order valence-corrected chi connectivity index (χ4v) is 5.19. The van der Waals surface area contributed by atoms with Gasteiger partial charge < -0.3 is 14.8 Å². The summed E-state index contributed by atoms with van der Waals surface area (Å²) in [5.74, 6) is 0.796. The third-order valence-corrected chi connectivity index (χ3v) is 7.05. The number of nitrogens with one attached hydrogen (secondary N) is 1. The van der Waals surface area contributed by atoms with Crippen molar-refractivity contribution in [1.82, 2.24) is 4.31 Å². The van der Waals surface area contributed by atoms with Crippen molar-refractivity contribution < 1.29 is 22.7 Å². The number of hydrogen-bond donors (Lipinski definition) is 1. The number of aryl methyl sites for hydroxylation is 1.